The monoisotopic (exact) mass is 482 g/mol. The van der Waals surface area contributed by atoms with Gasteiger partial charge in [-0.2, -0.15) is 0 Å². The van der Waals surface area contributed by atoms with Gasteiger partial charge in [-0.1, -0.05) is 17.3 Å². The van der Waals surface area contributed by atoms with Gasteiger partial charge in [-0.05, 0) is 67.9 Å². The van der Waals surface area contributed by atoms with Crippen molar-refractivity contribution < 1.29 is 18.8 Å². The summed E-state index contributed by atoms with van der Waals surface area (Å²) in [6.07, 6.45) is 1.68. The molecule has 0 radical (unpaired) electrons. The molecule has 8 heteroatoms. The molecular weight excluding hydrogens is 456 g/mol. The first-order valence-corrected chi connectivity index (χ1v) is 11.6. The van der Waals surface area contributed by atoms with E-state index >= 15 is 0 Å². The first kappa shape index (κ1) is 23.3. The van der Waals surface area contributed by atoms with E-state index in [2.05, 4.69) is 23.9 Å². The van der Waals surface area contributed by atoms with Gasteiger partial charge in [0, 0.05) is 24.0 Å². The van der Waals surface area contributed by atoms with Crippen molar-refractivity contribution in [2.75, 3.05) is 19.1 Å². The van der Waals surface area contributed by atoms with Gasteiger partial charge in [0.05, 0.1) is 29.9 Å². The fourth-order valence-corrected chi connectivity index (χ4v) is 3.83. The first-order chi connectivity index (χ1) is 17.4. The van der Waals surface area contributed by atoms with Crippen LogP contribution in [0.15, 0.2) is 71.4 Å². The van der Waals surface area contributed by atoms with E-state index in [0.29, 0.717) is 22.2 Å². The Morgan fingerprint density at radius 3 is 2.56 bits per heavy atom. The lowest BCUT2D eigenvalue weighted by Gasteiger charge is -2.25. The van der Waals surface area contributed by atoms with Gasteiger partial charge in [-0.3, -0.25) is 0 Å². The molecule has 2 heterocycles. The van der Waals surface area contributed by atoms with E-state index in [9.17, 15) is 4.79 Å². The Bertz CT molecular complexity index is 1540. The van der Waals surface area contributed by atoms with Crippen LogP contribution in [0, 0.1) is 0 Å². The number of hydrogen-bond donors (Lipinski definition) is 0. The van der Waals surface area contributed by atoms with Crippen LogP contribution < -0.4 is 9.64 Å². The second-order valence-electron chi connectivity index (χ2n) is 8.81. The Hall–Kier alpha value is -4.46. The maximum atomic E-state index is 12.8. The van der Waals surface area contributed by atoms with Gasteiger partial charge < -0.3 is 18.9 Å². The summed E-state index contributed by atoms with van der Waals surface area (Å²) in [4.78, 5) is 24.7. The molecule has 0 bridgehead atoms. The molecule has 0 aliphatic rings. The van der Waals surface area contributed by atoms with Crippen molar-refractivity contribution in [3.8, 4) is 17.0 Å². The van der Waals surface area contributed by atoms with Crippen molar-refractivity contribution in [2.24, 2.45) is 0 Å². The standard InChI is InChI=1S/C28H26N4O4/c1-17(2)32(3)27-26(19-8-12-25-21(13-19)15-29-36-25)30-23-11-7-20(14-24(23)31-27)28(33)35-16-18-5-9-22(34-4)10-6-18/h5-15,17H,16H2,1-4H3. The molecule has 36 heavy (non-hydrogen) atoms. The Morgan fingerprint density at radius 2 is 1.81 bits per heavy atom. The van der Waals surface area contributed by atoms with Crippen LogP contribution in [-0.2, 0) is 11.3 Å². The first-order valence-electron chi connectivity index (χ1n) is 11.6. The molecule has 8 nitrogen and oxygen atoms in total. The van der Waals surface area contributed by atoms with Crippen molar-refractivity contribution in [1.29, 1.82) is 0 Å². The second kappa shape index (κ2) is 9.65. The number of carbonyl (C=O) groups excluding carboxylic acids is 1. The van der Waals surface area contributed by atoms with Crippen molar-refractivity contribution in [3.05, 3.63) is 78.0 Å². The molecule has 3 aromatic carbocycles. The second-order valence-corrected chi connectivity index (χ2v) is 8.81. The SMILES string of the molecule is COc1ccc(COC(=O)c2ccc3nc(-c4ccc5oncc5c4)c(N(C)C(C)C)nc3c2)cc1. The summed E-state index contributed by atoms with van der Waals surface area (Å²) in [5, 5.41) is 4.76. The van der Waals surface area contributed by atoms with E-state index in [1.165, 1.54) is 0 Å². The van der Waals surface area contributed by atoms with Gasteiger partial charge in [0.25, 0.3) is 0 Å². The fourth-order valence-electron chi connectivity index (χ4n) is 3.83. The Labute approximate surface area is 208 Å². The maximum absolute atomic E-state index is 12.8. The molecule has 2 aromatic heterocycles. The van der Waals surface area contributed by atoms with Gasteiger partial charge in [0.15, 0.2) is 11.4 Å². The molecule has 0 spiro atoms. The van der Waals surface area contributed by atoms with Gasteiger partial charge in [-0.15, -0.1) is 0 Å². The summed E-state index contributed by atoms with van der Waals surface area (Å²) in [6.45, 7) is 4.34. The van der Waals surface area contributed by atoms with E-state index in [1.807, 2.05) is 49.5 Å². The average molecular weight is 483 g/mol. The Kier molecular flexibility index (Phi) is 6.25. The number of aromatic nitrogens is 3. The number of rotatable bonds is 7. The van der Waals surface area contributed by atoms with E-state index < -0.39 is 5.97 Å². The fraction of sp³-hybridized carbons (Fsp3) is 0.214. The molecule has 0 saturated heterocycles. The van der Waals surface area contributed by atoms with Crippen LogP contribution >= 0.6 is 0 Å². The lowest BCUT2D eigenvalue weighted by molar-refractivity contribution is 0.0473. The smallest absolute Gasteiger partial charge is 0.338 e. The number of anilines is 1. The molecule has 0 amide bonds. The molecule has 0 aliphatic heterocycles. The summed E-state index contributed by atoms with van der Waals surface area (Å²) in [7, 11) is 3.59. The van der Waals surface area contributed by atoms with Crippen LogP contribution in [0.4, 0.5) is 5.82 Å². The Balaban J connectivity index is 1.48. The maximum Gasteiger partial charge on any atom is 0.338 e. The normalized spacial score (nSPS) is 11.2. The van der Waals surface area contributed by atoms with Crippen LogP contribution in [0.3, 0.4) is 0 Å². The van der Waals surface area contributed by atoms with Crippen LogP contribution in [0.1, 0.15) is 29.8 Å². The number of ether oxygens (including phenoxy) is 2. The van der Waals surface area contributed by atoms with Crippen molar-refractivity contribution in [1.82, 2.24) is 15.1 Å². The van der Waals surface area contributed by atoms with Crippen molar-refractivity contribution in [2.45, 2.75) is 26.5 Å². The predicted molar refractivity (Wildman–Crippen MR) is 138 cm³/mol. The minimum absolute atomic E-state index is 0.165. The van der Waals surface area contributed by atoms with Crippen LogP contribution in [0.25, 0.3) is 33.3 Å². The molecule has 0 N–H and O–H groups in total. The summed E-state index contributed by atoms with van der Waals surface area (Å²) >= 11 is 0. The molecule has 182 valence electrons. The quantitative estimate of drug-likeness (QED) is 0.275. The van der Waals surface area contributed by atoms with Crippen LogP contribution in [-0.4, -0.2) is 41.3 Å². The lowest BCUT2D eigenvalue weighted by atomic mass is 10.1. The van der Waals surface area contributed by atoms with Crippen molar-refractivity contribution in [3.63, 3.8) is 0 Å². The number of fused-ring (bicyclic) bond motifs is 2. The topological polar surface area (TPSA) is 90.6 Å². The zero-order valence-electron chi connectivity index (χ0n) is 20.6. The zero-order chi connectivity index (χ0) is 25.2. The summed E-state index contributed by atoms with van der Waals surface area (Å²) in [5.41, 5.74) is 4.96. The third kappa shape index (κ3) is 4.57. The molecule has 5 aromatic rings. The van der Waals surface area contributed by atoms with Gasteiger partial charge >= 0.3 is 5.97 Å². The van der Waals surface area contributed by atoms with Crippen LogP contribution in [0.5, 0.6) is 5.75 Å². The van der Waals surface area contributed by atoms with Gasteiger partial charge in [0.1, 0.15) is 18.1 Å². The highest BCUT2D eigenvalue weighted by molar-refractivity contribution is 5.95. The average Bonchev–Trinajstić information content (AvgIpc) is 3.38. The lowest BCUT2D eigenvalue weighted by Crippen LogP contribution is -2.27. The van der Waals surface area contributed by atoms with E-state index in [-0.39, 0.29) is 12.6 Å². The summed E-state index contributed by atoms with van der Waals surface area (Å²) < 4.78 is 15.9. The van der Waals surface area contributed by atoms with E-state index in [0.717, 1.165) is 33.8 Å². The number of hydrogen-bond acceptors (Lipinski definition) is 8. The number of esters is 1. The van der Waals surface area contributed by atoms with E-state index in [1.54, 1.807) is 31.5 Å². The molecule has 0 atom stereocenters. The van der Waals surface area contributed by atoms with Gasteiger partial charge in [0.2, 0.25) is 0 Å². The predicted octanol–water partition coefficient (Wildman–Crippen LogP) is 5.65. The molecule has 0 saturated carbocycles. The molecule has 5 rings (SSSR count). The minimum Gasteiger partial charge on any atom is -0.497 e. The highest BCUT2D eigenvalue weighted by Crippen LogP contribution is 2.32. The molecule has 0 unspecified atom stereocenters. The summed E-state index contributed by atoms with van der Waals surface area (Å²) in [6, 6.07) is 18.6. The highest BCUT2D eigenvalue weighted by Gasteiger charge is 2.19. The number of methoxy groups -OCH3 is 1. The third-order valence-electron chi connectivity index (χ3n) is 6.15. The third-order valence-corrected chi connectivity index (χ3v) is 6.15. The largest absolute Gasteiger partial charge is 0.497 e. The molecule has 0 fully saturated rings. The van der Waals surface area contributed by atoms with Gasteiger partial charge in [-0.25, -0.2) is 14.8 Å². The highest BCUT2D eigenvalue weighted by atomic mass is 16.5. The Morgan fingerprint density at radius 1 is 1.00 bits per heavy atom. The van der Waals surface area contributed by atoms with Crippen LogP contribution in [0.2, 0.25) is 0 Å². The molecular formula is C28H26N4O4. The minimum atomic E-state index is -0.421. The number of carbonyl (C=O) groups is 1. The number of benzene rings is 3. The molecule has 0 aliphatic carbocycles. The number of nitrogens with zero attached hydrogens (tertiary/aromatic N) is 4. The van der Waals surface area contributed by atoms with Crippen molar-refractivity contribution >= 4 is 33.8 Å². The van der Waals surface area contributed by atoms with E-state index in [4.69, 9.17) is 24.0 Å². The zero-order valence-corrected chi connectivity index (χ0v) is 20.6. The summed E-state index contributed by atoms with van der Waals surface area (Å²) in [5.74, 6) is 1.05.